The Morgan fingerprint density at radius 2 is 1.82 bits per heavy atom. The van der Waals surface area contributed by atoms with Crippen LogP contribution >= 0.6 is 12.6 Å². The van der Waals surface area contributed by atoms with E-state index in [-0.39, 0.29) is 11.7 Å². The third kappa shape index (κ3) is 3.40. The maximum atomic E-state index is 11.2. The van der Waals surface area contributed by atoms with Crippen LogP contribution in [-0.2, 0) is 4.79 Å². The molecule has 0 aliphatic carbocycles. The fourth-order valence-electron chi connectivity index (χ4n) is 2.11. The van der Waals surface area contributed by atoms with Gasteiger partial charge in [-0.1, -0.05) is 0 Å². The highest BCUT2D eigenvalue weighted by atomic mass is 32.1. The Balaban J connectivity index is 1.99. The standard InChI is InChI=1S/C13H18N2OS/c16-13(10-17)14-11-4-6-12(7-5-11)15-8-2-1-3-9-15/h4-7,17H,1-3,8-10H2,(H,14,16). The summed E-state index contributed by atoms with van der Waals surface area (Å²) in [5.41, 5.74) is 2.08. The van der Waals surface area contributed by atoms with Crippen LogP contribution < -0.4 is 10.2 Å². The fourth-order valence-corrected chi connectivity index (χ4v) is 2.19. The molecule has 1 aromatic carbocycles. The molecule has 0 saturated carbocycles. The van der Waals surface area contributed by atoms with E-state index >= 15 is 0 Å². The Kier molecular flexibility index (Phi) is 4.31. The van der Waals surface area contributed by atoms with Crippen molar-refractivity contribution >= 4 is 29.9 Å². The Morgan fingerprint density at radius 3 is 2.41 bits per heavy atom. The lowest BCUT2D eigenvalue weighted by Gasteiger charge is -2.28. The number of nitrogens with zero attached hydrogens (tertiary/aromatic N) is 1. The van der Waals surface area contributed by atoms with Crippen molar-refractivity contribution in [3.05, 3.63) is 24.3 Å². The Bertz CT molecular complexity index is 372. The Labute approximate surface area is 108 Å². The van der Waals surface area contributed by atoms with Gasteiger partial charge in [0.05, 0.1) is 5.75 Å². The Morgan fingerprint density at radius 1 is 1.18 bits per heavy atom. The molecule has 0 radical (unpaired) electrons. The summed E-state index contributed by atoms with van der Waals surface area (Å²) in [5, 5.41) is 2.79. The number of thiol groups is 1. The second-order valence-corrected chi connectivity index (χ2v) is 4.62. The van der Waals surface area contributed by atoms with Crippen molar-refractivity contribution in [1.29, 1.82) is 0 Å². The molecule has 0 unspecified atom stereocenters. The topological polar surface area (TPSA) is 32.3 Å². The van der Waals surface area contributed by atoms with Crippen LogP contribution in [0.3, 0.4) is 0 Å². The van der Waals surface area contributed by atoms with Gasteiger partial charge in [-0.2, -0.15) is 12.6 Å². The monoisotopic (exact) mass is 250 g/mol. The predicted molar refractivity (Wildman–Crippen MR) is 75.0 cm³/mol. The highest BCUT2D eigenvalue weighted by Gasteiger charge is 2.10. The number of rotatable bonds is 3. The first-order chi connectivity index (χ1) is 8.29. The Hall–Kier alpha value is -1.16. The molecule has 4 heteroatoms. The SMILES string of the molecule is O=C(CS)Nc1ccc(N2CCCCC2)cc1. The summed E-state index contributed by atoms with van der Waals surface area (Å²) in [6, 6.07) is 8.04. The maximum Gasteiger partial charge on any atom is 0.234 e. The van der Waals surface area contributed by atoms with Crippen molar-refractivity contribution in [2.75, 3.05) is 29.1 Å². The molecule has 1 aliphatic rings. The van der Waals surface area contributed by atoms with Crippen LogP contribution in [-0.4, -0.2) is 24.7 Å². The molecule has 1 heterocycles. The largest absolute Gasteiger partial charge is 0.372 e. The van der Waals surface area contributed by atoms with Gasteiger partial charge < -0.3 is 10.2 Å². The van der Waals surface area contributed by atoms with Crippen LogP contribution in [0.5, 0.6) is 0 Å². The number of piperidine rings is 1. The number of nitrogens with one attached hydrogen (secondary N) is 1. The number of carbonyl (C=O) groups excluding carboxylic acids is 1. The first kappa shape index (κ1) is 12.3. The number of hydrogen-bond donors (Lipinski definition) is 2. The van der Waals surface area contributed by atoms with Crippen molar-refractivity contribution in [1.82, 2.24) is 0 Å². The van der Waals surface area contributed by atoms with Crippen molar-refractivity contribution in [3.8, 4) is 0 Å². The molecular formula is C13H18N2OS. The average Bonchev–Trinajstić information content (AvgIpc) is 2.40. The zero-order chi connectivity index (χ0) is 12.1. The average molecular weight is 250 g/mol. The minimum absolute atomic E-state index is 0.0703. The van der Waals surface area contributed by atoms with E-state index in [1.54, 1.807) is 0 Å². The van der Waals surface area contributed by atoms with Crippen LogP contribution in [0.2, 0.25) is 0 Å². The number of amides is 1. The molecule has 0 spiro atoms. The van der Waals surface area contributed by atoms with Gasteiger partial charge in [0.2, 0.25) is 5.91 Å². The molecule has 3 nitrogen and oxygen atoms in total. The molecule has 1 amide bonds. The molecular weight excluding hydrogens is 232 g/mol. The van der Waals surface area contributed by atoms with E-state index in [1.165, 1.54) is 24.9 Å². The molecule has 1 aliphatic heterocycles. The van der Waals surface area contributed by atoms with Gasteiger partial charge in [-0.3, -0.25) is 4.79 Å². The summed E-state index contributed by atoms with van der Waals surface area (Å²) in [6.45, 7) is 2.28. The summed E-state index contributed by atoms with van der Waals surface area (Å²) >= 11 is 3.93. The second kappa shape index (κ2) is 5.96. The third-order valence-electron chi connectivity index (χ3n) is 3.02. The van der Waals surface area contributed by atoms with Gasteiger partial charge >= 0.3 is 0 Å². The van der Waals surface area contributed by atoms with Gasteiger partial charge in [0.25, 0.3) is 0 Å². The predicted octanol–water partition coefficient (Wildman–Crippen LogP) is 2.55. The van der Waals surface area contributed by atoms with Crippen LogP contribution in [0.1, 0.15) is 19.3 Å². The summed E-state index contributed by atoms with van der Waals surface area (Å²) < 4.78 is 0. The molecule has 2 rings (SSSR count). The van der Waals surface area contributed by atoms with Crippen LogP contribution in [0.15, 0.2) is 24.3 Å². The van der Waals surface area contributed by atoms with E-state index in [0.29, 0.717) is 0 Å². The van der Waals surface area contributed by atoms with Gasteiger partial charge in [-0.05, 0) is 43.5 Å². The summed E-state index contributed by atoms with van der Waals surface area (Å²) in [6.07, 6.45) is 3.89. The lowest BCUT2D eigenvalue weighted by atomic mass is 10.1. The van der Waals surface area contributed by atoms with Gasteiger partial charge in [-0.25, -0.2) is 0 Å². The van der Waals surface area contributed by atoms with Crippen molar-refractivity contribution in [2.24, 2.45) is 0 Å². The summed E-state index contributed by atoms with van der Waals surface area (Å²) in [4.78, 5) is 13.6. The van der Waals surface area contributed by atoms with E-state index in [4.69, 9.17) is 0 Å². The number of benzene rings is 1. The van der Waals surface area contributed by atoms with E-state index in [1.807, 2.05) is 12.1 Å². The van der Waals surface area contributed by atoms with Crippen molar-refractivity contribution in [2.45, 2.75) is 19.3 Å². The zero-order valence-corrected chi connectivity index (χ0v) is 10.7. The third-order valence-corrected chi connectivity index (χ3v) is 3.30. The minimum atomic E-state index is -0.0703. The number of carbonyl (C=O) groups is 1. The molecule has 17 heavy (non-hydrogen) atoms. The first-order valence-electron chi connectivity index (χ1n) is 6.05. The first-order valence-corrected chi connectivity index (χ1v) is 6.68. The zero-order valence-electron chi connectivity index (χ0n) is 9.85. The highest BCUT2D eigenvalue weighted by molar-refractivity contribution is 7.81. The molecule has 0 bridgehead atoms. The van der Waals surface area contributed by atoms with Crippen LogP contribution in [0.4, 0.5) is 11.4 Å². The normalized spacial score (nSPS) is 15.7. The fraction of sp³-hybridized carbons (Fsp3) is 0.462. The smallest absolute Gasteiger partial charge is 0.234 e. The van der Waals surface area contributed by atoms with E-state index < -0.39 is 0 Å². The van der Waals surface area contributed by atoms with Crippen molar-refractivity contribution < 1.29 is 4.79 Å². The quantitative estimate of drug-likeness (QED) is 0.808. The number of anilines is 2. The minimum Gasteiger partial charge on any atom is -0.372 e. The van der Waals surface area contributed by atoms with Crippen molar-refractivity contribution in [3.63, 3.8) is 0 Å². The highest BCUT2D eigenvalue weighted by Crippen LogP contribution is 2.21. The van der Waals surface area contributed by atoms with Gasteiger partial charge in [-0.15, -0.1) is 0 Å². The van der Waals surface area contributed by atoms with E-state index in [0.717, 1.165) is 18.8 Å². The van der Waals surface area contributed by atoms with Crippen LogP contribution in [0.25, 0.3) is 0 Å². The van der Waals surface area contributed by atoms with E-state index in [2.05, 4.69) is 35.0 Å². The molecule has 1 N–H and O–H groups in total. The van der Waals surface area contributed by atoms with Crippen LogP contribution in [0, 0.1) is 0 Å². The molecule has 92 valence electrons. The van der Waals surface area contributed by atoms with Gasteiger partial charge in [0, 0.05) is 24.5 Å². The lowest BCUT2D eigenvalue weighted by molar-refractivity contribution is -0.113. The second-order valence-electron chi connectivity index (χ2n) is 4.30. The number of hydrogen-bond acceptors (Lipinski definition) is 3. The van der Waals surface area contributed by atoms with Gasteiger partial charge in [0.1, 0.15) is 0 Å². The molecule has 1 aromatic rings. The van der Waals surface area contributed by atoms with Gasteiger partial charge in [0.15, 0.2) is 0 Å². The summed E-state index contributed by atoms with van der Waals surface area (Å²) in [5.74, 6) is 0.146. The lowest BCUT2D eigenvalue weighted by Crippen LogP contribution is -2.29. The molecule has 1 saturated heterocycles. The summed E-state index contributed by atoms with van der Waals surface area (Å²) in [7, 11) is 0. The molecule has 1 fully saturated rings. The molecule has 0 atom stereocenters. The maximum absolute atomic E-state index is 11.2. The molecule has 0 aromatic heterocycles. The van der Waals surface area contributed by atoms with E-state index in [9.17, 15) is 4.79 Å².